The zero-order chi connectivity index (χ0) is 14.7. The summed E-state index contributed by atoms with van der Waals surface area (Å²) in [6, 6.07) is 6.48. The van der Waals surface area contributed by atoms with Crippen LogP contribution in [-0.2, 0) is 11.8 Å². The van der Waals surface area contributed by atoms with Gasteiger partial charge in [0.05, 0.1) is 12.2 Å². The van der Waals surface area contributed by atoms with Gasteiger partial charge in [-0.25, -0.2) is 0 Å². The lowest BCUT2D eigenvalue weighted by Crippen LogP contribution is -2.35. The summed E-state index contributed by atoms with van der Waals surface area (Å²) in [7, 11) is 1.78. The Morgan fingerprint density at radius 1 is 1.35 bits per heavy atom. The molecule has 0 fully saturated rings. The molecule has 3 N–H and O–H groups in total. The van der Waals surface area contributed by atoms with Gasteiger partial charge in [0, 0.05) is 23.8 Å². The Labute approximate surface area is 122 Å². The second kappa shape index (κ2) is 6.07. The van der Waals surface area contributed by atoms with Gasteiger partial charge >= 0.3 is 0 Å². The van der Waals surface area contributed by atoms with E-state index in [9.17, 15) is 4.79 Å². The Morgan fingerprint density at radius 2 is 2.00 bits per heavy atom. The van der Waals surface area contributed by atoms with Crippen LogP contribution in [0.3, 0.4) is 0 Å². The van der Waals surface area contributed by atoms with Crippen LogP contribution in [-0.4, -0.2) is 15.7 Å². The van der Waals surface area contributed by atoms with E-state index in [-0.39, 0.29) is 11.9 Å². The zero-order valence-corrected chi connectivity index (χ0v) is 12.1. The van der Waals surface area contributed by atoms with Crippen LogP contribution in [0.15, 0.2) is 36.7 Å². The van der Waals surface area contributed by atoms with Gasteiger partial charge in [-0.2, -0.15) is 5.10 Å². The van der Waals surface area contributed by atoms with E-state index >= 15 is 0 Å². The summed E-state index contributed by atoms with van der Waals surface area (Å²) in [6.45, 7) is 1.90. The summed E-state index contributed by atoms with van der Waals surface area (Å²) in [5.41, 5.74) is 7.58. The molecule has 6 heteroatoms. The molecule has 5 nitrogen and oxygen atoms in total. The third-order valence-electron chi connectivity index (χ3n) is 3.10. The van der Waals surface area contributed by atoms with Crippen molar-refractivity contribution in [1.82, 2.24) is 15.1 Å². The third-order valence-corrected chi connectivity index (χ3v) is 3.35. The van der Waals surface area contributed by atoms with E-state index in [1.807, 2.05) is 19.1 Å². The number of rotatable bonds is 4. The van der Waals surface area contributed by atoms with Crippen molar-refractivity contribution in [2.45, 2.75) is 19.0 Å². The first-order valence-electron chi connectivity index (χ1n) is 6.27. The molecule has 1 aromatic heterocycles. The highest BCUT2D eigenvalue weighted by Crippen LogP contribution is 2.17. The molecule has 1 amide bonds. The predicted molar refractivity (Wildman–Crippen MR) is 78.1 cm³/mol. The average Bonchev–Trinajstić information content (AvgIpc) is 2.85. The van der Waals surface area contributed by atoms with E-state index in [4.69, 9.17) is 17.3 Å². The van der Waals surface area contributed by atoms with Crippen LogP contribution in [0, 0.1) is 0 Å². The molecule has 106 valence electrons. The normalized spacial score (nSPS) is 13.8. The fourth-order valence-electron chi connectivity index (χ4n) is 1.89. The molecule has 2 aromatic rings. The van der Waals surface area contributed by atoms with Crippen molar-refractivity contribution in [3.8, 4) is 0 Å². The lowest BCUT2D eigenvalue weighted by Gasteiger charge is -2.17. The van der Waals surface area contributed by atoms with Gasteiger partial charge in [0.15, 0.2) is 0 Å². The van der Waals surface area contributed by atoms with Gasteiger partial charge in [0.1, 0.15) is 6.04 Å². The number of aryl methyl sites for hydroxylation is 1. The molecule has 0 saturated heterocycles. The first-order valence-corrected chi connectivity index (χ1v) is 6.65. The van der Waals surface area contributed by atoms with Gasteiger partial charge in [-0.3, -0.25) is 9.48 Å². The van der Waals surface area contributed by atoms with Crippen molar-refractivity contribution in [3.63, 3.8) is 0 Å². The van der Waals surface area contributed by atoms with E-state index in [1.54, 1.807) is 36.3 Å². The number of aromatic nitrogens is 2. The van der Waals surface area contributed by atoms with Crippen LogP contribution < -0.4 is 11.1 Å². The number of nitrogens with zero attached hydrogens (tertiary/aromatic N) is 2. The minimum atomic E-state index is -0.724. The van der Waals surface area contributed by atoms with Crippen molar-refractivity contribution < 1.29 is 4.79 Å². The molecule has 0 aliphatic carbocycles. The highest BCUT2D eigenvalue weighted by molar-refractivity contribution is 6.30. The van der Waals surface area contributed by atoms with Gasteiger partial charge in [0.2, 0.25) is 5.91 Å². The molecule has 0 saturated carbocycles. The molecule has 0 spiro atoms. The second-order valence-corrected chi connectivity index (χ2v) is 5.14. The van der Waals surface area contributed by atoms with Gasteiger partial charge < -0.3 is 11.1 Å². The topological polar surface area (TPSA) is 72.9 Å². The highest BCUT2D eigenvalue weighted by atomic mass is 35.5. The highest BCUT2D eigenvalue weighted by Gasteiger charge is 2.19. The second-order valence-electron chi connectivity index (χ2n) is 4.71. The number of halogens is 1. The Kier molecular flexibility index (Phi) is 4.42. The Morgan fingerprint density at radius 3 is 2.55 bits per heavy atom. The minimum absolute atomic E-state index is 0.137. The van der Waals surface area contributed by atoms with Crippen molar-refractivity contribution in [1.29, 1.82) is 0 Å². The van der Waals surface area contributed by atoms with Crippen LogP contribution in [0.4, 0.5) is 0 Å². The van der Waals surface area contributed by atoms with Crippen LogP contribution >= 0.6 is 11.6 Å². The summed E-state index contributed by atoms with van der Waals surface area (Å²) < 4.78 is 1.62. The molecule has 2 atom stereocenters. The smallest absolute Gasteiger partial charge is 0.242 e. The Balaban J connectivity index is 2.02. The Hall–Kier alpha value is -1.85. The molecule has 0 bridgehead atoms. The molecule has 20 heavy (non-hydrogen) atoms. The van der Waals surface area contributed by atoms with Crippen molar-refractivity contribution >= 4 is 17.5 Å². The van der Waals surface area contributed by atoms with Crippen LogP contribution in [0.25, 0.3) is 0 Å². The maximum Gasteiger partial charge on any atom is 0.242 e. The number of carbonyl (C=O) groups excluding carboxylic acids is 1. The molecule has 1 heterocycles. The zero-order valence-electron chi connectivity index (χ0n) is 11.4. The number of benzene rings is 1. The Bertz CT molecular complexity index is 593. The standard InChI is InChI=1S/C14H17ClN4O/c1-9(10-3-5-12(15)6-4-10)18-14(20)13(16)11-7-17-19(2)8-11/h3-9,13H,16H2,1-2H3,(H,18,20). The lowest BCUT2D eigenvalue weighted by molar-refractivity contribution is -0.123. The summed E-state index contributed by atoms with van der Waals surface area (Å²) in [5, 5.41) is 7.55. The predicted octanol–water partition coefficient (Wildman–Crippen LogP) is 1.95. The molecular formula is C14H17ClN4O. The maximum atomic E-state index is 12.1. The van der Waals surface area contributed by atoms with E-state index in [2.05, 4.69) is 10.4 Å². The van der Waals surface area contributed by atoms with Gasteiger partial charge in [-0.1, -0.05) is 23.7 Å². The average molecular weight is 293 g/mol. The van der Waals surface area contributed by atoms with Crippen molar-refractivity contribution in [2.75, 3.05) is 0 Å². The molecule has 0 radical (unpaired) electrons. The van der Waals surface area contributed by atoms with Crippen molar-refractivity contribution in [3.05, 3.63) is 52.8 Å². The summed E-state index contributed by atoms with van der Waals surface area (Å²) in [6.07, 6.45) is 3.33. The molecule has 0 aliphatic rings. The first-order chi connectivity index (χ1) is 9.47. The van der Waals surface area contributed by atoms with E-state index < -0.39 is 6.04 Å². The lowest BCUT2D eigenvalue weighted by atomic mass is 10.1. The summed E-state index contributed by atoms with van der Waals surface area (Å²) in [5.74, 6) is -0.236. The quantitative estimate of drug-likeness (QED) is 0.904. The van der Waals surface area contributed by atoms with E-state index in [1.165, 1.54) is 0 Å². The number of hydrogen-bond acceptors (Lipinski definition) is 3. The van der Waals surface area contributed by atoms with Gasteiger partial charge in [-0.15, -0.1) is 0 Å². The number of hydrogen-bond donors (Lipinski definition) is 2. The van der Waals surface area contributed by atoms with Crippen LogP contribution in [0.2, 0.25) is 5.02 Å². The third kappa shape index (κ3) is 3.37. The SMILES string of the molecule is CC(NC(=O)C(N)c1cnn(C)c1)c1ccc(Cl)cc1. The largest absolute Gasteiger partial charge is 0.348 e. The molecular weight excluding hydrogens is 276 g/mol. The molecule has 1 aromatic carbocycles. The summed E-state index contributed by atoms with van der Waals surface area (Å²) >= 11 is 5.84. The molecule has 2 rings (SSSR count). The number of nitrogens with one attached hydrogen (secondary N) is 1. The monoisotopic (exact) mass is 292 g/mol. The van der Waals surface area contributed by atoms with E-state index in [0.717, 1.165) is 5.56 Å². The molecule has 2 unspecified atom stereocenters. The first kappa shape index (κ1) is 14.6. The number of nitrogens with two attached hydrogens (primary N) is 1. The number of amides is 1. The summed E-state index contributed by atoms with van der Waals surface area (Å²) in [4.78, 5) is 12.1. The number of carbonyl (C=O) groups is 1. The van der Waals surface area contributed by atoms with Crippen LogP contribution in [0.5, 0.6) is 0 Å². The fraction of sp³-hybridized carbons (Fsp3) is 0.286. The fourth-order valence-corrected chi connectivity index (χ4v) is 2.02. The maximum absolute atomic E-state index is 12.1. The van der Waals surface area contributed by atoms with Gasteiger partial charge in [-0.05, 0) is 24.6 Å². The molecule has 0 aliphatic heterocycles. The van der Waals surface area contributed by atoms with Crippen molar-refractivity contribution in [2.24, 2.45) is 12.8 Å². The van der Waals surface area contributed by atoms with Gasteiger partial charge in [0.25, 0.3) is 0 Å². The van der Waals surface area contributed by atoms with E-state index in [0.29, 0.717) is 10.6 Å². The minimum Gasteiger partial charge on any atom is -0.348 e. The van der Waals surface area contributed by atoms with Crippen LogP contribution in [0.1, 0.15) is 30.1 Å².